The summed E-state index contributed by atoms with van der Waals surface area (Å²) in [5.41, 5.74) is 0. The molecule has 0 aliphatic carbocycles. The van der Waals surface area contributed by atoms with Crippen LogP contribution in [0.2, 0.25) is 0 Å². The van der Waals surface area contributed by atoms with Gasteiger partial charge in [0.2, 0.25) is 0 Å². The summed E-state index contributed by atoms with van der Waals surface area (Å²) in [6.07, 6.45) is 0.760. The van der Waals surface area contributed by atoms with Crippen molar-refractivity contribution in [3.05, 3.63) is 0 Å². The van der Waals surface area contributed by atoms with E-state index >= 15 is 0 Å². The minimum atomic E-state index is -3.80. The van der Waals surface area contributed by atoms with Crippen LogP contribution in [0.25, 0.3) is 0 Å². The number of phosphoric ester groups is 1. The minimum absolute atomic E-state index is 0.226. The van der Waals surface area contributed by atoms with E-state index in [1.54, 1.807) is 0 Å². The van der Waals surface area contributed by atoms with E-state index < -0.39 is 7.82 Å². The Morgan fingerprint density at radius 2 is 1.71 bits per heavy atom. The van der Waals surface area contributed by atoms with Gasteiger partial charge in [-0.2, -0.15) is 0 Å². The van der Waals surface area contributed by atoms with Crippen molar-refractivity contribution in [1.82, 2.24) is 0 Å². The van der Waals surface area contributed by atoms with Crippen LogP contribution in [0, 0.1) is 11.8 Å². The Labute approximate surface area is 86.2 Å². The van der Waals surface area contributed by atoms with Crippen LogP contribution in [0.5, 0.6) is 0 Å². The Kier molecular flexibility index (Phi) is 6.62. The zero-order chi connectivity index (χ0) is 11.2. The van der Waals surface area contributed by atoms with Crippen LogP contribution in [0.4, 0.5) is 0 Å². The maximum absolute atomic E-state index is 11.2. The number of hydrogen-bond acceptors (Lipinski definition) is 3. The molecule has 14 heavy (non-hydrogen) atoms. The summed E-state index contributed by atoms with van der Waals surface area (Å²) < 4.78 is 20.8. The van der Waals surface area contributed by atoms with E-state index in [9.17, 15) is 9.46 Å². The highest BCUT2D eigenvalue weighted by molar-refractivity contribution is 7.47. The van der Waals surface area contributed by atoms with E-state index in [0.29, 0.717) is 5.92 Å². The van der Waals surface area contributed by atoms with Gasteiger partial charge in [-0.15, -0.1) is 0 Å². The Balaban J connectivity index is 3.67. The van der Waals surface area contributed by atoms with Crippen molar-refractivity contribution in [2.75, 3.05) is 13.2 Å². The Hall–Kier alpha value is 0.110. The lowest BCUT2D eigenvalue weighted by molar-refractivity contribution is 0.132. The van der Waals surface area contributed by atoms with E-state index in [0.717, 1.165) is 6.42 Å². The van der Waals surface area contributed by atoms with E-state index in [4.69, 9.17) is 9.05 Å². The first-order valence-corrected chi connectivity index (χ1v) is 6.45. The smallest absolute Gasteiger partial charge is 0.302 e. The molecule has 0 aromatic carbocycles. The van der Waals surface area contributed by atoms with Gasteiger partial charge in [0.05, 0.1) is 13.2 Å². The number of phosphoric acid groups is 1. The lowest BCUT2D eigenvalue weighted by atomic mass is 10.2. The lowest BCUT2D eigenvalue weighted by Gasteiger charge is -2.14. The average molecular weight is 224 g/mol. The largest absolute Gasteiger partial charge is 0.472 e. The van der Waals surface area contributed by atoms with Gasteiger partial charge in [0, 0.05) is 0 Å². The molecule has 0 aliphatic rings. The summed E-state index contributed by atoms with van der Waals surface area (Å²) in [5, 5.41) is 0. The molecule has 1 unspecified atom stereocenters. The van der Waals surface area contributed by atoms with Gasteiger partial charge in [-0.25, -0.2) is 4.57 Å². The van der Waals surface area contributed by atoms with Crippen LogP contribution < -0.4 is 0 Å². The normalized spacial score (nSPS) is 16.2. The van der Waals surface area contributed by atoms with Crippen molar-refractivity contribution in [2.45, 2.75) is 34.1 Å². The van der Waals surface area contributed by atoms with Gasteiger partial charge in [0.25, 0.3) is 0 Å². The van der Waals surface area contributed by atoms with E-state index in [1.807, 2.05) is 27.7 Å². The molecule has 1 N–H and O–H groups in total. The van der Waals surface area contributed by atoms with Gasteiger partial charge in [0.15, 0.2) is 0 Å². The van der Waals surface area contributed by atoms with Gasteiger partial charge in [-0.05, 0) is 18.3 Å². The first-order valence-electron chi connectivity index (χ1n) is 4.95. The van der Waals surface area contributed by atoms with Gasteiger partial charge in [-0.3, -0.25) is 9.05 Å². The average Bonchev–Trinajstić information content (AvgIpc) is 2.00. The highest BCUT2D eigenvalue weighted by atomic mass is 31.2. The molecule has 0 heterocycles. The molecule has 0 spiro atoms. The number of rotatable bonds is 7. The summed E-state index contributed by atoms with van der Waals surface area (Å²) in [6, 6.07) is 0. The summed E-state index contributed by atoms with van der Waals surface area (Å²) in [6.45, 7) is 8.39. The molecule has 0 aromatic rings. The predicted molar refractivity (Wildman–Crippen MR) is 56.0 cm³/mol. The van der Waals surface area contributed by atoms with Crippen molar-refractivity contribution in [3.63, 3.8) is 0 Å². The van der Waals surface area contributed by atoms with Crippen LogP contribution in [-0.4, -0.2) is 18.1 Å². The predicted octanol–water partition coefficient (Wildman–Crippen LogP) is 2.82. The van der Waals surface area contributed by atoms with Crippen molar-refractivity contribution in [3.8, 4) is 0 Å². The topological polar surface area (TPSA) is 55.8 Å². The molecular formula is C9H21O4P. The molecule has 5 heteroatoms. The van der Waals surface area contributed by atoms with Crippen LogP contribution in [0.1, 0.15) is 34.1 Å². The standard InChI is InChI=1S/C9H21O4P/c1-8(2)5-6-12-14(10,11)13-7-9(3)4/h8-9H,5-7H2,1-4H3,(H,10,11). The maximum atomic E-state index is 11.2. The fraction of sp³-hybridized carbons (Fsp3) is 1.00. The Bertz CT molecular complexity index is 191. The first-order chi connectivity index (χ1) is 6.33. The molecular weight excluding hydrogens is 203 g/mol. The van der Waals surface area contributed by atoms with Crippen molar-refractivity contribution in [2.24, 2.45) is 11.8 Å². The zero-order valence-corrected chi connectivity index (χ0v) is 10.3. The molecule has 0 saturated carbocycles. The number of hydrogen-bond donors (Lipinski definition) is 1. The second kappa shape index (κ2) is 6.57. The van der Waals surface area contributed by atoms with Gasteiger partial charge < -0.3 is 4.89 Å². The second-order valence-corrected chi connectivity index (χ2v) is 5.63. The van der Waals surface area contributed by atoms with Crippen molar-refractivity contribution >= 4 is 7.82 Å². The SMILES string of the molecule is CC(C)CCOP(=O)(O)OCC(C)C. The second-order valence-electron chi connectivity index (χ2n) is 4.17. The molecule has 0 bridgehead atoms. The maximum Gasteiger partial charge on any atom is 0.472 e. The van der Waals surface area contributed by atoms with E-state index in [-0.39, 0.29) is 19.1 Å². The Morgan fingerprint density at radius 1 is 1.14 bits per heavy atom. The summed E-state index contributed by atoms with van der Waals surface area (Å²) >= 11 is 0. The van der Waals surface area contributed by atoms with Gasteiger partial charge in [-0.1, -0.05) is 27.7 Å². The van der Waals surface area contributed by atoms with Crippen molar-refractivity contribution < 1.29 is 18.5 Å². The molecule has 4 nitrogen and oxygen atoms in total. The fourth-order valence-electron chi connectivity index (χ4n) is 0.684. The molecule has 0 aliphatic heterocycles. The van der Waals surface area contributed by atoms with Crippen LogP contribution in [0.15, 0.2) is 0 Å². The highest BCUT2D eigenvalue weighted by Gasteiger charge is 2.20. The molecule has 0 amide bonds. The monoisotopic (exact) mass is 224 g/mol. The third-order valence-electron chi connectivity index (χ3n) is 1.52. The van der Waals surface area contributed by atoms with E-state index in [2.05, 4.69) is 0 Å². The lowest BCUT2D eigenvalue weighted by Crippen LogP contribution is -2.04. The third kappa shape index (κ3) is 8.70. The first kappa shape index (κ1) is 14.1. The van der Waals surface area contributed by atoms with Crippen molar-refractivity contribution in [1.29, 1.82) is 0 Å². The van der Waals surface area contributed by atoms with Crippen LogP contribution >= 0.6 is 7.82 Å². The minimum Gasteiger partial charge on any atom is -0.302 e. The van der Waals surface area contributed by atoms with E-state index in [1.165, 1.54) is 0 Å². The third-order valence-corrected chi connectivity index (χ3v) is 2.50. The Morgan fingerprint density at radius 3 is 2.14 bits per heavy atom. The van der Waals surface area contributed by atoms with Gasteiger partial charge >= 0.3 is 7.82 Å². The van der Waals surface area contributed by atoms with Gasteiger partial charge in [0.1, 0.15) is 0 Å². The molecule has 0 aromatic heterocycles. The molecule has 86 valence electrons. The fourth-order valence-corrected chi connectivity index (χ4v) is 1.58. The summed E-state index contributed by atoms with van der Waals surface area (Å²) in [7, 11) is -3.80. The van der Waals surface area contributed by atoms with Crippen LogP contribution in [-0.2, 0) is 13.6 Å². The molecule has 0 rings (SSSR count). The molecule has 1 atom stereocenters. The molecule has 0 saturated heterocycles. The highest BCUT2D eigenvalue weighted by Crippen LogP contribution is 2.43. The zero-order valence-electron chi connectivity index (χ0n) is 9.40. The quantitative estimate of drug-likeness (QED) is 0.675. The molecule has 0 fully saturated rings. The summed E-state index contributed by atoms with van der Waals surface area (Å²) in [5.74, 6) is 0.685. The molecule has 0 radical (unpaired) electrons. The summed E-state index contributed by atoms with van der Waals surface area (Å²) in [4.78, 5) is 9.19. The van der Waals surface area contributed by atoms with Crippen LogP contribution in [0.3, 0.4) is 0 Å².